The molecule has 0 unspecified atom stereocenters. The fourth-order valence-electron chi connectivity index (χ4n) is 1.52. The van der Waals surface area contributed by atoms with E-state index in [0.29, 0.717) is 11.1 Å². The number of aliphatic carboxylic acids is 1. The van der Waals surface area contributed by atoms with Gasteiger partial charge in [-0.2, -0.15) is 0 Å². The minimum atomic E-state index is -1.20. The molecule has 0 bridgehead atoms. The van der Waals surface area contributed by atoms with Gasteiger partial charge in [0, 0.05) is 10.6 Å². The average Bonchev–Trinajstić information content (AvgIpc) is 2.48. The van der Waals surface area contributed by atoms with E-state index in [0.717, 1.165) is 11.6 Å². The van der Waals surface area contributed by atoms with E-state index >= 15 is 0 Å². The molecule has 0 fully saturated rings. The number of carbonyl (C=O) groups is 1. The zero-order valence-corrected chi connectivity index (χ0v) is 12.6. The van der Waals surface area contributed by atoms with Gasteiger partial charge < -0.3 is 15.6 Å². The van der Waals surface area contributed by atoms with Crippen LogP contribution in [0.4, 0.5) is 0 Å². The van der Waals surface area contributed by atoms with Crippen molar-refractivity contribution in [3.8, 4) is 0 Å². The van der Waals surface area contributed by atoms with Crippen LogP contribution in [0.1, 0.15) is 24.1 Å². The molecule has 0 radical (unpaired) electrons. The molecule has 0 heterocycles. The quantitative estimate of drug-likeness (QED) is 0.882. The Morgan fingerprint density at radius 1 is 1.14 bits per heavy atom. The molecule has 110 valence electrons. The lowest BCUT2D eigenvalue weighted by molar-refractivity contribution is -0.420. The summed E-state index contributed by atoms with van der Waals surface area (Å²) in [5.41, 5.74) is 5.99. The van der Waals surface area contributed by atoms with Crippen molar-refractivity contribution >= 4 is 23.6 Å². The maximum Gasteiger partial charge on any atom is 0.107 e. The fourth-order valence-corrected chi connectivity index (χ4v) is 1.65. The number of hydrogen-bond acceptors (Lipinski definition) is 2. The van der Waals surface area contributed by atoms with E-state index in [1.807, 2.05) is 18.2 Å². The first-order valence-electron chi connectivity index (χ1n) is 6.51. The summed E-state index contributed by atoms with van der Waals surface area (Å²) in [5, 5.41) is 10.6. The van der Waals surface area contributed by atoms with Gasteiger partial charge in [0.2, 0.25) is 0 Å². The first kappa shape index (κ1) is 17.0. The smallest absolute Gasteiger partial charge is 0.107 e. The number of carboxylic acids is 1. The molecule has 0 saturated carbocycles. The minimum absolute atomic E-state index is 0.409. The van der Waals surface area contributed by atoms with Crippen molar-refractivity contribution in [3.05, 3.63) is 76.8 Å². The van der Waals surface area contributed by atoms with Crippen LogP contribution in [-0.2, 0) is 4.79 Å². The SMILES string of the molecule is C[C@H]([NH3+])c1ccccc1.O=C([O-])/C=C/c1ccc(Cl)cc1. The third kappa shape index (κ3) is 7.30. The van der Waals surface area contributed by atoms with Gasteiger partial charge in [0.25, 0.3) is 0 Å². The summed E-state index contributed by atoms with van der Waals surface area (Å²) in [5.74, 6) is -1.20. The van der Waals surface area contributed by atoms with Crippen molar-refractivity contribution in [3.63, 3.8) is 0 Å². The number of benzene rings is 2. The molecule has 3 nitrogen and oxygen atoms in total. The normalized spacial score (nSPS) is 11.6. The average molecular weight is 304 g/mol. The summed E-state index contributed by atoms with van der Waals surface area (Å²) in [7, 11) is 0. The molecule has 1 atom stereocenters. The molecule has 0 aliphatic heterocycles. The second-order valence-electron chi connectivity index (χ2n) is 4.52. The topological polar surface area (TPSA) is 67.8 Å². The van der Waals surface area contributed by atoms with Crippen LogP contribution in [0.25, 0.3) is 6.08 Å². The van der Waals surface area contributed by atoms with E-state index in [4.69, 9.17) is 11.6 Å². The Labute approximate surface area is 129 Å². The Morgan fingerprint density at radius 2 is 1.71 bits per heavy atom. The van der Waals surface area contributed by atoms with Crippen molar-refractivity contribution in [1.29, 1.82) is 0 Å². The van der Waals surface area contributed by atoms with Crippen LogP contribution in [-0.4, -0.2) is 5.97 Å². The second kappa shape index (κ2) is 8.95. The predicted molar refractivity (Wildman–Crippen MR) is 83.2 cm³/mol. The standard InChI is InChI=1S/C9H7ClO2.C8H11N/c10-8-4-1-7(2-5-8)3-6-9(11)12;1-7(9)8-5-3-2-4-6-8/h1-6H,(H,11,12);2-7H,9H2,1H3/b6-3+;/t;7-/m.0/s1. The highest BCUT2D eigenvalue weighted by Crippen LogP contribution is 2.10. The Hall–Kier alpha value is -2.10. The third-order valence-corrected chi connectivity index (χ3v) is 2.90. The van der Waals surface area contributed by atoms with Gasteiger partial charge in [0.1, 0.15) is 6.04 Å². The maximum absolute atomic E-state index is 10.0. The highest BCUT2D eigenvalue weighted by atomic mass is 35.5. The van der Waals surface area contributed by atoms with Gasteiger partial charge in [0.15, 0.2) is 0 Å². The summed E-state index contributed by atoms with van der Waals surface area (Å²) < 4.78 is 0. The van der Waals surface area contributed by atoms with E-state index in [9.17, 15) is 9.90 Å². The highest BCUT2D eigenvalue weighted by molar-refractivity contribution is 6.30. The van der Waals surface area contributed by atoms with Gasteiger partial charge in [-0.15, -0.1) is 0 Å². The molecule has 0 saturated heterocycles. The molecule has 2 aromatic carbocycles. The van der Waals surface area contributed by atoms with Crippen molar-refractivity contribution in [2.24, 2.45) is 0 Å². The van der Waals surface area contributed by atoms with Gasteiger partial charge in [-0.25, -0.2) is 0 Å². The molecule has 2 aromatic rings. The maximum atomic E-state index is 10.0. The molecule has 0 amide bonds. The largest absolute Gasteiger partial charge is 0.545 e. The Bertz CT molecular complexity index is 577. The van der Waals surface area contributed by atoms with Gasteiger partial charge in [-0.05, 0) is 30.7 Å². The number of rotatable bonds is 3. The monoisotopic (exact) mass is 303 g/mol. The van der Waals surface area contributed by atoms with Crippen molar-refractivity contribution in [2.75, 3.05) is 0 Å². The number of hydrogen-bond donors (Lipinski definition) is 1. The minimum Gasteiger partial charge on any atom is -0.545 e. The van der Waals surface area contributed by atoms with Crippen LogP contribution in [0.3, 0.4) is 0 Å². The molecule has 4 heteroatoms. The summed E-state index contributed by atoms with van der Waals surface area (Å²) >= 11 is 5.62. The molecular weight excluding hydrogens is 286 g/mol. The number of carboxylic acid groups (broad SMARTS) is 1. The van der Waals surface area contributed by atoms with Crippen LogP contribution >= 0.6 is 11.6 Å². The van der Waals surface area contributed by atoms with Gasteiger partial charge >= 0.3 is 0 Å². The zero-order valence-electron chi connectivity index (χ0n) is 11.8. The number of halogens is 1. The lowest BCUT2D eigenvalue weighted by Gasteiger charge is -1.98. The van der Waals surface area contributed by atoms with Gasteiger partial charge in [-0.3, -0.25) is 0 Å². The van der Waals surface area contributed by atoms with E-state index in [1.165, 1.54) is 11.6 Å². The third-order valence-electron chi connectivity index (χ3n) is 2.65. The summed E-state index contributed by atoms with van der Waals surface area (Å²) in [6, 6.07) is 17.5. The van der Waals surface area contributed by atoms with E-state index in [2.05, 4.69) is 24.8 Å². The lowest BCUT2D eigenvalue weighted by atomic mass is 10.1. The predicted octanol–water partition coefficient (Wildman–Crippen LogP) is 2.09. The number of carbonyl (C=O) groups excluding carboxylic acids is 1. The summed E-state index contributed by atoms with van der Waals surface area (Å²) in [6.07, 6.45) is 2.43. The van der Waals surface area contributed by atoms with E-state index < -0.39 is 5.97 Å². The molecule has 21 heavy (non-hydrogen) atoms. The Morgan fingerprint density at radius 3 is 2.14 bits per heavy atom. The molecule has 0 spiro atoms. The number of quaternary nitrogens is 1. The molecular formula is C17H18ClNO2. The van der Waals surface area contributed by atoms with Crippen LogP contribution < -0.4 is 10.8 Å². The summed E-state index contributed by atoms with van der Waals surface area (Å²) in [4.78, 5) is 10.0. The first-order chi connectivity index (χ1) is 9.99. The van der Waals surface area contributed by atoms with Crippen molar-refractivity contribution in [2.45, 2.75) is 13.0 Å². The van der Waals surface area contributed by atoms with Gasteiger partial charge in [0.05, 0.1) is 5.97 Å². The molecule has 0 aliphatic carbocycles. The van der Waals surface area contributed by atoms with E-state index in [1.54, 1.807) is 24.3 Å². The van der Waals surface area contributed by atoms with Gasteiger partial charge in [-0.1, -0.05) is 60.1 Å². The van der Waals surface area contributed by atoms with Crippen LogP contribution in [0.15, 0.2) is 60.7 Å². The van der Waals surface area contributed by atoms with Crippen LogP contribution in [0.5, 0.6) is 0 Å². The second-order valence-corrected chi connectivity index (χ2v) is 4.95. The Balaban J connectivity index is 0.000000219. The van der Waals surface area contributed by atoms with Crippen LogP contribution in [0.2, 0.25) is 5.02 Å². The molecule has 3 N–H and O–H groups in total. The molecule has 2 rings (SSSR count). The lowest BCUT2D eigenvalue weighted by Crippen LogP contribution is -2.51. The molecule has 0 aliphatic rings. The van der Waals surface area contributed by atoms with Crippen LogP contribution in [0, 0.1) is 0 Å². The zero-order chi connectivity index (χ0) is 15.7. The first-order valence-corrected chi connectivity index (χ1v) is 6.89. The van der Waals surface area contributed by atoms with E-state index in [-0.39, 0.29) is 0 Å². The fraction of sp³-hybridized carbons (Fsp3) is 0.118. The molecule has 0 aromatic heterocycles. The van der Waals surface area contributed by atoms with Crippen molar-refractivity contribution in [1.82, 2.24) is 0 Å². The Kier molecular flexibility index (Phi) is 7.23. The highest BCUT2D eigenvalue weighted by Gasteiger charge is 1.97. The summed E-state index contributed by atoms with van der Waals surface area (Å²) in [6.45, 7) is 2.09. The van der Waals surface area contributed by atoms with Crippen molar-refractivity contribution < 1.29 is 15.6 Å².